The van der Waals surface area contributed by atoms with Crippen LogP contribution in [-0.4, -0.2) is 53.9 Å². The molecule has 0 fully saturated rings. The summed E-state index contributed by atoms with van der Waals surface area (Å²) in [7, 11) is 1.96. The Balaban J connectivity index is 1.25. The Morgan fingerprint density at radius 2 is 1.69 bits per heavy atom. The number of nitrogens with zero attached hydrogens (tertiary/aromatic N) is 5. The molecule has 0 saturated carbocycles. The number of ether oxygens (including phenoxy) is 1. The van der Waals surface area contributed by atoms with Gasteiger partial charge in [-0.25, -0.2) is 4.79 Å². The minimum absolute atomic E-state index is 0.0492. The van der Waals surface area contributed by atoms with Crippen LogP contribution in [0.1, 0.15) is 73.0 Å². The van der Waals surface area contributed by atoms with Crippen LogP contribution in [-0.2, 0) is 33.1 Å². The third-order valence-corrected chi connectivity index (χ3v) is 10.9. The average molecular weight is 718 g/mol. The molecule has 0 bridgehead atoms. The van der Waals surface area contributed by atoms with E-state index in [4.69, 9.17) is 21.4 Å². The number of fused-ring (bicyclic) bond motifs is 3. The molecule has 0 spiro atoms. The van der Waals surface area contributed by atoms with E-state index in [1.165, 1.54) is 0 Å². The average Bonchev–Trinajstić information content (AvgIpc) is 3.71. The maximum atomic E-state index is 14.8. The zero-order valence-electron chi connectivity index (χ0n) is 30.4. The molecule has 0 saturated heterocycles. The van der Waals surface area contributed by atoms with Gasteiger partial charge >= 0.3 is 5.97 Å². The Bertz CT molecular complexity index is 2290. The molecule has 0 radical (unpaired) electrons. The van der Waals surface area contributed by atoms with Gasteiger partial charge < -0.3 is 23.9 Å². The highest BCUT2D eigenvalue weighted by atomic mass is 35.5. The van der Waals surface area contributed by atoms with Crippen LogP contribution in [0.15, 0.2) is 72.9 Å². The number of halogens is 1. The molecule has 268 valence electrons. The SMILES string of the molecule is Cc1cc(OCCCc2c3n(c4c(-c5c(C)nn(C)c5C)cccc24)CCCN(Cc2cc(C(=O)O)n(Cc4ccccc4)c2)C3=O)cc(C)c1Cl. The van der Waals surface area contributed by atoms with E-state index in [-0.39, 0.29) is 11.6 Å². The van der Waals surface area contributed by atoms with Crippen LogP contribution in [0, 0.1) is 27.7 Å². The molecule has 7 rings (SSSR count). The molecule has 0 atom stereocenters. The molecule has 3 aromatic heterocycles. The smallest absolute Gasteiger partial charge is 0.352 e. The standard InChI is InChI=1S/C42H44ClN5O4/c1-26-20-32(21-27(2)38(26)43)52-19-10-16-34-33-14-9-15-35(37-28(3)44-45(5)29(37)4)39(33)48-18-11-17-46(41(49)40(34)48)24-31-22-36(42(50)51)47(25-31)23-30-12-7-6-8-13-30/h6-9,12-15,20-22,25H,10-11,16-19,23-24H2,1-5H3,(H,50,51). The quantitative estimate of drug-likeness (QED) is 0.136. The molecule has 1 amide bonds. The van der Waals surface area contributed by atoms with E-state index in [9.17, 15) is 14.7 Å². The van der Waals surface area contributed by atoms with Gasteiger partial charge in [0.2, 0.25) is 0 Å². The topological polar surface area (TPSA) is 94.5 Å². The van der Waals surface area contributed by atoms with Crippen molar-refractivity contribution >= 4 is 34.4 Å². The number of rotatable bonds is 11. The van der Waals surface area contributed by atoms with Crippen molar-refractivity contribution in [3.05, 3.63) is 129 Å². The van der Waals surface area contributed by atoms with E-state index in [2.05, 4.69) is 29.7 Å². The highest BCUT2D eigenvalue weighted by Crippen LogP contribution is 2.39. The fraction of sp³-hybridized carbons (Fsp3) is 0.310. The highest BCUT2D eigenvalue weighted by molar-refractivity contribution is 6.32. The summed E-state index contributed by atoms with van der Waals surface area (Å²) in [6.45, 7) is 10.5. The van der Waals surface area contributed by atoms with Crippen molar-refractivity contribution in [3.63, 3.8) is 0 Å². The van der Waals surface area contributed by atoms with Crippen molar-refractivity contribution in [1.82, 2.24) is 23.8 Å². The molecular weight excluding hydrogens is 674 g/mol. The molecule has 4 heterocycles. The van der Waals surface area contributed by atoms with Gasteiger partial charge in [-0.05, 0) is 93.0 Å². The summed E-state index contributed by atoms with van der Waals surface area (Å²) in [4.78, 5) is 29.0. The van der Waals surface area contributed by atoms with Crippen LogP contribution in [0.25, 0.3) is 22.0 Å². The van der Waals surface area contributed by atoms with Gasteiger partial charge in [0.1, 0.15) is 17.1 Å². The van der Waals surface area contributed by atoms with Gasteiger partial charge in [0.15, 0.2) is 0 Å². The monoisotopic (exact) mass is 717 g/mol. The number of carbonyl (C=O) groups excluding carboxylic acids is 1. The molecule has 1 aliphatic rings. The van der Waals surface area contributed by atoms with Gasteiger partial charge in [-0.2, -0.15) is 5.10 Å². The first kappa shape index (κ1) is 35.1. The Hall–Kier alpha value is -5.28. The molecule has 1 aliphatic heterocycles. The maximum Gasteiger partial charge on any atom is 0.352 e. The fourth-order valence-corrected chi connectivity index (χ4v) is 7.89. The lowest BCUT2D eigenvalue weighted by molar-refractivity contribution is 0.0685. The van der Waals surface area contributed by atoms with E-state index >= 15 is 0 Å². The van der Waals surface area contributed by atoms with Crippen LogP contribution >= 0.6 is 11.6 Å². The Labute approximate surface area is 309 Å². The summed E-state index contributed by atoms with van der Waals surface area (Å²) < 4.78 is 12.1. The molecule has 6 aromatic rings. The first-order valence-corrected chi connectivity index (χ1v) is 18.2. The predicted molar refractivity (Wildman–Crippen MR) is 205 cm³/mol. The molecule has 0 unspecified atom stereocenters. The highest BCUT2D eigenvalue weighted by Gasteiger charge is 2.31. The van der Waals surface area contributed by atoms with Crippen LogP contribution in [0.3, 0.4) is 0 Å². The summed E-state index contributed by atoms with van der Waals surface area (Å²) in [6, 6.07) is 21.8. The molecule has 52 heavy (non-hydrogen) atoms. The number of para-hydroxylation sites is 1. The zero-order valence-corrected chi connectivity index (χ0v) is 31.1. The third kappa shape index (κ3) is 6.61. The van der Waals surface area contributed by atoms with E-state index in [0.717, 1.165) is 78.4 Å². The van der Waals surface area contributed by atoms with E-state index in [1.807, 2.05) is 86.1 Å². The second-order valence-corrected chi connectivity index (χ2v) is 14.3. The van der Waals surface area contributed by atoms with Crippen molar-refractivity contribution in [2.75, 3.05) is 13.2 Å². The number of hydrogen-bond acceptors (Lipinski definition) is 4. The van der Waals surface area contributed by atoms with Crippen LogP contribution in [0.2, 0.25) is 5.02 Å². The normalized spacial score (nSPS) is 13.1. The van der Waals surface area contributed by atoms with E-state index < -0.39 is 5.97 Å². The number of aromatic nitrogens is 4. The lowest BCUT2D eigenvalue weighted by atomic mass is 9.98. The minimum atomic E-state index is -0.994. The number of benzene rings is 3. The lowest BCUT2D eigenvalue weighted by Gasteiger charge is -2.20. The van der Waals surface area contributed by atoms with E-state index in [1.54, 1.807) is 10.6 Å². The Kier molecular flexibility index (Phi) is 9.72. The molecule has 0 aliphatic carbocycles. The summed E-state index contributed by atoms with van der Waals surface area (Å²) >= 11 is 6.40. The van der Waals surface area contributed by atoms with Crippen molar-refractivity contribution in [2.45, 2.75) is 66.6 Å². The number of amides is 1. The molecule has 3 aromatic carbocycles. The number of carboxylic acid groups (broad SMARTS) is 1. The lowest BCUT2D eigenvalue weighted by Crippen LogP contribution is -2.31. The second kappa shape index (κ2) is 14.4. The number of aromatic carboxylic acids is 1. The predicted octanol–water partition coefficient (Wildman–Crippen LogP) is 8.53. The van der Waals surface area contributed by atoms with Crippen LogP contribution < -0.4 is 4.74 Å². The fourth-order valence-electron chi connectivity index (χ4n) is 7.78. The van der Waals surface area contributed by atoms with Crippen molar-refractivity contribution < 1.29 is 19.4 Å². The molecule has 9 nitrogen and oxygen atoms in total. The van der Waals surface area contributed by atoms with Gasteiger partial charge in [0.05, 0.1) is 17.8 Å². The van der Waals surface area contributed by atoms with Gasteiger partial charge in [-0.1, -0.05) is 60.1 Å². The van der Waals surface area contributed by atoms with Crippen LogP contribution in [0.5, 0.6) is 5.75 Å². The zero-order chi connectivity index (χ0) is 36.7. The van der Waals surface area contributed by atoms with E-state index in [0.29, 0.717) is 51.3 Å². The first-order chi connectivity index (χ1) is 25.0. The summed E-state index contributed by atoms with van der Waals surface area (Å²) in [5.41, 5.74) is 10.9. The number of aryl methyl sites for hydroxylation is 6. The minimum Gasteiger partial charge on any atom is -0.494 e. The molecule has 10 heteroatoms. The number of hydrogen-bond donors (Lipinski definition) is 1. The number of carboxylic acids is 1. The van der Waals surface area contributed by atoms with Gasteiger partial charge in [-0.15, -0.1) is 0 Å². The van der Waals surface area contributed by atoms with Gasteiger partial charge in [-0.3, -0.25) is 9.48 Å². The Morgan fingerprint density at radius 3 is 2.38 bits per heavy atom. The van der Waals surface area contributed by atoms with Crippen molar-refractivity contribution in [3.8, 4) is 16.9 Å². The van der Waals surface area contributed by atoms with Gasteiger partial charge in [0, 0.05) is 66.7 Å². The molecule has 1 N–H and O–H groups in total. The first-order valence-electron chi connectivity index (χ1n) is 17.8. The largest absolute Gasteiger partial charge is 0.494 e. The second-order valence-electron chi connectivity index (χ2n) is 13.9. The summed E-state index contributed by atoms with van der Waals surface area (Å²) in [5, 5.41) is 16.6. The third-order valence-electron chi connectivity index (χ3n) is 10.3. The van der Waals surface area contributed by atoms with Crippen molar-refractivity contribution in [2.24, 2.45) is 7.05 Å². The van der Waals surface area contributed by atoms with Gasteiger partial charge in [0.25, 0.3) is 5.91 Å². The Morgan fingerprint density at radius 1 is 0.942 bits per heavy atom. The summed E-state index contributed by atoms with van der Waals surface area (Å²) in [5.74, 6) is -0.259. The van der Waals surface area contributed by atoms with Crippen LogP contribution in [0.4, 0.5) is 0 Å². The van der Waals surface area contributed by atoms with Crippen molar-refractivity contribution in [1.29, 1.82) is 0 Å². The maximum absolute atomic E-state index is 14.8. The molecular formula is C42H44ClN5O4. The summed E-state index contributed by atoms with van der Waals surface area (Å²) in [6.07, 6.45) is 3.99. The number of carbonyl (C=O) groups is 2.